The average molecular weight is 222 g/mol. The van der Waals surface area contributed by atoms with Crippen LogP contribution in [0.5, 0.6) is 0 Å². The first-order valence-electron chi connectivity index (χ1n) is 5.22. The highest BCUT2D eigenvalue weighted by Gasteiger charge is 2.28. The molecule has 1 unspecified atom stereocenters. The molecule has 1 aliphatic heterocycles. The summed E-state index contributed by atoms with van der Waals surface area (Å²) in [6, 6.07) is 3.32. The van der Waals surface area contributed by atoms with Crippen LogP contribution in [0.2, 0.25) is 0 Å². The van der Waals surface area contributed by atoms with Crippen molar-refractivity contribution >= 4 is 11.9 Å². The molecule has 0 saturated carbocycles. The van der Waals surface area contributed by atoms with Crippen molar-refractivity contribution in [1.82, 2.24) is 9.47 Å². The lowest BCUT2D eigenvalue weighted by atomic mass is 10.1. The quantitative estimate of drug-likeness (QED) is 0.774. The summed E-state index contributed by atoms with van der Waals surface area (Å²) in [5, 5.41) is 8.99. The highest BCUT2D eigenvalue weighted by atomic mass is 16.4. The van der Waals surface area contributed by atoms with Gasteiger partial charge in [-0.2, -0.15) is 0 Å². The van der Waals surface area contributed by atoms with Gasteiger partial charge in [-0.15, -0.1) is 0 Å². The molecular formula is C11H14N2O3. The van der Waals surface area contributed by atoms with Crippen molar-refractivity contribution < 1.29 is 14.7 Å². The lowest BCUT2D eigenvalue weighted by molar-refractivity contribution is -0.131. The Bertz CT molecular complexity index is 450. The van der Waals surface area contributed by atoms with E-state index in [0.29, 0.717) is 18.8 Å². The molecule has 0 bridgehead atoms. The number of nitrogens with zero attached hydrogens (tertiary/aromatic N) is 2. The number of amides is 1. The smallest absolute Gasteiger partial charge is 0.352 e. The lowest BCUT2D eigenvalue weighted by Crippen LogP contribution is -2.40. The van der Waals surface area contributed by atoms with Gasteiger partial charge in [-0.05, 0) is 19.1 Å². The number of aromatic carboxylic acids is 1. The van der Waals surface area contributed by atoms with Gasteiger partial charge in [0.15, 0.2) is 0 Å². The highest BCUT2D eigenvalue weighted by molar-refractivity contribution is 5.86. The Morgan fingerprint density at radius 1 is 1.38 bits per heavy atom. The van der Waals surface area contributed by atoms with E-state index in [1.807, 2.05) is 6.92 Å². The maximum absolute atomic E-state index is 11.4. The molecule has 5 nitrogen and oxygen atoms in total. The molecule has 86 valence electrons. The molecule has 1 aromatic rings. The maximum atomic E-state index is 11.4. The van der Waals surface area contributed by atoms with Crippen molar-refractivity contribution in [2.45, 2.75) is 26.4 Å². The molecule has 0 saturated heterocycles. The van der Waals surface area contributed by atoms with Gasteiger partial charge in [-0.25, -0.2) is 4.79 Å². The number of carboxylic acids is 1. The number of carboxylic acid groups (broad SMARTS) is 1. The molecule has 1 aliphatic rings. The third-order valence-corrected chi connectivity index (χ3v) is 3.10. The zero-order chi connectivity index (χ0) is 11.9. The Balaban J connectivity index is 2.40. The number of aromatic nitrogens is 1. The van der Waals surface area contributed by atoms with E-state index in [4.69, 9.17) is 5.11 Å². The van der Waals surface area contributed by atoms with Crippen LogP contribution < -0.4 is 0 Å². The minimum absolute atomic E-state index is 0.0248. The summed E-state index contributed by atoms with van der Waals surface area (Å²) in [5.74, 6) is -0.897. The summed E-state index contributed by atoms with van der Waals surface area (Å²) in [4.78, 5) is 24.1. The highest BCUT2D eigenvalue weighted by Crippen LogP contribution is 2.27. The Kier molecular flexibility index (Phi) is 2.46. The fourth-order valence-electron chi connectivity index (χ4n) is 2.28. The van der Waals surface area contributed by atoms with Crippen LogP contribution in [0.15, 0.2) is 12.1 Å². The second-order valence-corrected chi connectivity index (χ2v) is 3.99. The Labute approximate surface area is 93.3 Å². The van der Waals surface area contributed by atoms with Crippen LogP contribution in [0, 0.1) is 0 Å². The predicted molar refractivity (Wildman–Crippen MR) is 57.2 cm³/mol. The molecule has 1 aromatic heterocycles. The molecule has 16 heavy (non-hydrogen) atoms. The van der Waals surface area contributed by atoms with Gasteiger partial charge in [0.05, 0.1) is 6.04 Å². The summed E-state index contributed by atoms with van der Waals surface area (Å²) < 4.78 is 1.77. The lowest BCUT2D eigenvalue weighted by Gasteiger charge is -2.34. The van der Waals surface area contributed by atoms with Gasteiger partial charge in [0, 0.05) is 25.7 Å². The number of carbonyl (C=O) groups excluding carboxylic acids is 1. The third kappa shape index (κ3) is 1.48. The summed E-state index contributed by atoms with van der Waals surface area (Å²) >= 11 is 0. The molecule has 1 amide bonds. The van der Waals surface area contributed by atoms with E-state index < -0.39 is 5.97 Å². The van der Waals surface area contributed by atoms with Gasteiger partial charge in [-0.1, -0.05) is 0 Å². The van der Waals surface area contributed by atoms with E-state index in [1.165, 1.54) is 6.92 Å². The zero-order valence-corrected chi connectivity index (χ0v) is 9.30. The van der Waals surface area contributed by atoms with Crippen LogP contribution in [0.3, 0.4) is 0 Å². The van der Waals surface area contributed by atoms with Gasteiger partial charge in [0.25, 0.3) is 0 Å². The van der Waals surface area contributed by atoms with E-state index in [2.05, 4.69) is 0 Å². The molecule has 0 aromatic carbocycles. The zero-order valence-electron chi connectivity index (χ0n) is 9.30. The molecule has 0 spiro atoms. The van der Waals surface area contributed by atoms with Crippen LogP contribution in [0.4, 0.5) is 0 Å². The molecular weight excluding hydrogens is 208 g/mol. The SMILES string of the molecule is CC(=O)N1CCn2c(C(=O)O)ccc2C1C. The second kappa shape index (κ2) is 3.66. The minimum Gasteiger partial charge on any atom is -0.477 e. The fraction of sp³-hybridized carbons (Fsp3) is 0.455. The van der Waals surface area contributed by atoms with E-state index in [-0.39, 0.29) is 11.9 Å². The standard InChI is InChI=1S/C11H14N2O3/c1-7-9-3-4-10(11(15)16)13(9)6-5-12(7)8(2)14/h3-4,7H,5-6H2,1-2H3,(H,15,16). The summed E-state index contributed by atoms with van der Waals surface area (Å²) in [5.41, 5.74) is 1.18. The molecule has 1 atom stereocenters. The molecule has 1 N–H and O–H groups in total. The van der Waals surface area contributed by atoms with E-state index in [9.17, 15) is 9.59 Å². The van der Waals surface area contributed by atoms with E-state index in [0.717, 1.165) is 5.69 Å². The Hall–Kier alpha value is -1.78. The first-order valence-corrected chi connectivity index (χ1v) is 5.22. The molecule has 0 radical (unpaired) electrons. The summed E-state index contributed by atoms with van der Waals surface area (Å²) in [7, 11) is 0. The topological polar surface area (TPSA) is 62.5 Å². The number of hydrogen-bond acceptors (Lipinski definition) is 2. The van der Waals surface area contributed by atoms with Crippen molar-refractivity contribution in [2.24, 2.45) is 0 Å². The van der Waals surface area contributed by atoms with Crippen LogP contribution in [0.25, 0.3) is 0 Å². The predicted octanol–water partition coefficient (Wildman–Crippen LogP) is 1.11. The third-order valence-electron chi connectivity index (χ3n) is 3.10. The van der Waals surface area contributed by atoms with Crippen LogP contribution in [0.1, 0.15) is 36.1 Å². The molecule has 2 heterocycles. The first-order chi connectivity index (χ1) is 7.52. The van der Waals surface area contributed by atoms with Gasteiger partial charge >= 0.3 is 5.97 Å². The van der Waals surface area contributed by atoms with Gasteiger partial charge < -0.3 is 14.6 Å². The van der Waals surface area contributed by atoms with Crippen LogP contribution >= 0.6 is 0 Å². The van der Waals surface area contributed by atoms with Gasteiger partial charge in [-0.3, -0.25) is 4.79 Å². The molecule has 0 fully saturated rings. The van der Waals surface area contributed by atoms with Crippen molar-refractivity contribution in [3.63, 3.8) is 0 Å². The maximum Gasteiger partial charge on any atom is 0.352 e. The van der Waals surface area contributed by atoms with Crippen molar-refractivity contribution in [3.05, 3.63) is 23.5 Å². The molecule has 0 aliphatic carbocycles. The minimum atomic E-state index is -0.922. The number of fused-ring (bicyclic) bond motifs is 1. The Morgan fingerprint density at radius 3 is 2.62 bits per heavy atom. The van der Waals surface area contributed by atoms with Crippen molar-refractivity contribution in [2.75, 3.05) is 6.54 Å². The average Bonchev–Trinajstić information content (AvgIpc) is 2.61. The van der Waals surface area contributed by atoms with Crippen molar-refractivity contribution in [1.29, 1.82) is 0 Å². The van der Waals surface area contributed by atoms with Crippen molar-refractivity contribution in [3.8, 4) is 0 Å². The fourth-order valence-corrected chi connectivity index (χ4v) is 2.28. The van der Waals surface area contributed by atoms with E-state index >= 15 is 0 Å². The number of hydrogen-bond donors (Lipinski definition) is 1. The summed E-state index contributed by atoms with van der Waals surface area (Å²) in [6.07, 6.45) is 0. The van der Waals surface area contributed by atoms with Gasteiger partial charge in [0.1, 0.15) is 5.69 Å². The van der Waals surface area contributed by atoms with Crippen LogP contribution in [-0.2, 0) is 11.3 Å². The first kappa shape index (κ1) is 10.7. The normalized spacial score (nSPS) is 19.4. The second-order valence-electron chi connectivity index (χ2n) is 3.99. The molecule has 5 heteroatoms. The largest absolute Gasteiger partial charge is 0.477 e. The summed E-state index contributed by atoms with van der Waals surface area (Å²) in [6.45, 7) is 4.57. The van der Waals surface area contributed by atoms with E-state index in [1.54, 1.807) is 21.6 Å². The van der Waals surface area contributed by atoms with Gasteiger partial charge in [0.2, 0.25) is 5.91 Å². The Morgan fingerprint density at radius 2 is 2.06 bits per heavy atom. The number of carbonyl (C=O) groups is 2. The van der Waals surface area contributed by atoms with Crippen LogP contribution in [-0.4, -0.2) is 33.0 Å². The number of rotatable bonds is 1. The molecule has 2 rings (SSSR count). The monoisotopic (exact) mass is 222 g/mol.